The maximum Gasteiger partial charge on any atom is 0.107 e. The summed E-state index contributed by atoms with van der Waals surface area (Å²) in [7, 11) is 0. The summed E-state index contributed by atoms with van der Waals surface area (Å²) in [5.41, 5.74) is 2.46. The second-order valence-electron chi connectivity index (χ2n) is 4.91. The van der Waals surface area contributed by atoms with Crippen molar-refractivity contribution in [3.63, 3.8) is 0 Å². The first-order valence-corrected chi connectivity index (χ1v) is 8.69. The van der Waals surface area contributed by atoms with Gasteiger partial charge >= 0.3 is 0 Å². The van der Waals surface area contributed by atoms with Crippen LogP contribution in [0.5, 0.6) is 0 Å². The Hall–Kier alpha value is -0.290. The Kier molecular flexibility index (Phi) is 5.35. The molecule has 110 valence electrons. The molecule has 1 atom stereocenters. The van der Waals surface area contributed by atoms with Crippen LogP contribution in [0, 0.1) is 20.8 Å². The highest BCUT2D eigenvalue weighted by Gasteiger charge is 2.24. The third kappa shape index (κ3) is 3.14. The molecule has 0 fully saturated rings. The van der Waals surface area contributed by atoms with Gasteiger partial charge in [0.25, 0.3) is 0 Å². The molecule has 1 N–H and O–H groups in total. The van der Waals surface area contributed by atoms with Crippen molar-refractivity contribution < 1.29 is 4.42 Å². The minimum Gasteiger partial charge on any atom is -0.466 e. The van der Waals surface area contributed by atoms with E-state index in [9.17, 15) is 0 Å². The van der Waals surface area contributed by atoms with Crippen LogP contribution in [0.1, 0.15) is 46.9 Å². The average molecular weight is 377 g/mol. The lowest BCUT2D eigenvalue weighted by atomic mass is 10.0. The van der Waals surface area contributed by atoms with Gasteiger partial charge in [-0.1, -0.05) is 18.5 Å². The standard InChI is InChI=1S/C15H19BrClNOS/c1-5-6-18-14(12-7-11(16)15(17)20-12)13-8(2)9(3)19-10(13)4/h7,14,18H,5-6H2,1-4H3. The van der Waals surface area contributed by atoms with E-state index in [2.05, 4.69) is 41.2 Å². The first-order chi connectivity index (χ1) is 9.45. The van der Waals surface area contributed by atoms with Crippen molar-refractivity contribution in [1.29, 1.82) is 0 Å². The SMILES string of the molecule is CCCNC(c1cc(Br)c(Cl)s1)c1c(C)oc(C)c1C. The molecule has 0 bridgehead atoms. The van der Waals surface area contributed by atoms with Crippen molar-refractivity contribution in [2.75, 3.05) is 6.54 Å². The van der Waals surface area contributed by atoms with E-state index in [1.807, 2.05) is 13.8 Å². The van der Waals surface area contributed by atoms with Gasteiger partial charge in [-0.25, -0.2) is 0 Å². The highest BCUT2D eigenvalue weighted by Crippen LogP contribution is 2.40. The van der Waals surface area contributed by atoms with Crippen LogP contribution in [0.3, 0.4) is 0 Å². The largest absolute Gasteiger partial charge is 0.466 e. The van der Waals surface area contributed by atoms with Crippen LogP contribution in [0.2, 0.25) is 4.34 Å². The number of aryl methyl sites for hydroxylation is 2. The summed E-state index contributed by atoms with van der Waals surface area (Å²) in [5, 5.41) is 3.61. The fourth-order valence-corrected chi connectivity index (χ4v) is 4.20. The number of furan rings is 1. The predicted octanol–water partition coefficient (Wildman–Crippen LogP) is 5.77. The van der Waals surface area contributed by atoms with E-state index in [-0.39, 0.29) is 6.04 Å². The van der Waals surface area contributed by atoms with E-state index in [1.54, 1.807) is 11.3 Å². The van der Waals surface area contributed by atoms with E-state index in [0.717, 1.165) is 33.3 Å². The maximum atomic E-state index is 6.20. The average Bonchev–Trinajstić information content (AvgIpc) is 2.84. The van der Waals surface area contributed by atoms with E-state index in [1.165, 1.54) is 16.0 Å². The van der Waals surface area contributed by atoms with Crippen molar-refractivity contribution >= 4 is 38.9 Å². The molecule has 20 heavy (non-hydrogen) atoms. The lowest BCUT2D eigenvalue weighted by molar-refractivity contribution is 0.493. The van der Waals surface area contributed by atoms with E-state index in [4.69, 9.17) is 16.0 Å². The van der Waals surface area contributed by atoms with Crippen LogP contribution in [0.25, 0.3) is 0 Å². The highest BCUT2D eigenvalue weighted by molar-refractivity contribution is 9.10. The molecule has 0 aliphatic heterocycles. The molecule has 2 nitrogen and oxygen atoms in total. The van der Waals surface area contributed by atoms with Gasteiger partial charge in [0.15, 0.2) is 0 Å². The highest BCUT2D eigenvalue weighted by atomic mass is 79.9. The number of nitrogens with one attached hydrogen (secondary N) is 1. The van der Waals surface area contributed by atoms with Crippen LogP contribution < -0.4 is 5.32 Å². The number of thiophene rings is 1. The number of hydrogen-bond acceptors (Lipinski definition) is 3. The second kappa shape index (κ2) is 6.65. The summed E-state index contributed by atoms with van der Waals surface area (Å²) in [4.78, 5) is 1.21. The van der Waals surface area contributed by atoms with Crippen molar-refractivity contribution in [2.45, 2.75) is 40.2 Å². The van der Waals surface area contributed by atoms with Gasteiger partial charge in [-0.05, 0) is 61.3 Å². The van der Waals surface area contributed by atoms with Gasteiger partial charge in [0, 0.05) is 14.9 Å². The molecule has 2 aromatic rings. The lowest BCUT2D eigenvalue weighted by Gasteiger charge is -2.18. The normalized spacial score (nSPS) is 12.9. The van der Waals surface area contributed by atoms with E-state index >= 15 is 0 Å². The maximum absolute atomic E-state index is 6.20. The lowest BCUT2D eigenvalue weighted by Crippen LogP contribution is -2.23. The Bertz CT molecular complexity index is 586. The Labute approximate surface area is 137 Å². The molecular formula is C15H19BrClNOS. The number of hydrogen-bond donors (Lipinski definition) is 1. The van der Waals surface area contributed by atoms with Crippen LogP contribution >= 0.6 is 38.9 Å². The third-order valence-electron chi connectivity index (χ3n) is 3.45. The quantitative estimate of drug-likeness (QED) is 0.716. The monoisotopic (exact) mass is 375 g/mol. The fraction of sp³-hybridized carbons (Fsp3) is 0.467. The van der Waals surface area contributed by atoms with Gasteiger partial charge in [0.2, 0.25) is 0 Å². The van der Waals surface area contributed by atoms with Gasteiger partial charge < -0.3 is 9.73 Å². The molecule has 0 amide bonds. The van der Waals surface area contributed by atoms with Gasteiger partial charge in [0.05, 0.1) is 6.04 Å². The molecule has 0 radical (unpaired) electrons. The van der Waals surface area contributed by atoms with Gasteiger partial charge in [-0.2, -0.15) is 0 Å². The summed E-state index contributed by atoms with van der Waals surface area (Å²) >= 11 is 11.3. The van der Waals surface area contributed by atoms with Crippen LogP contribution in [0.15, 0.2) is 15.0 Å². The Balaban J connectivity index is 2.46. The summed E-state index contributed by atoms with van der Waals surface area (Å²) in [5.74, 6) is 1.97. The molecule has 0 saturated heterocycles. The summed E-state index contributed by atoms with van der Waals surface area (Å²) in [6.07, 6.45) is 1.09. The number of rotatable bonds is 5. The third-order valence-corrected chi connectivity index (χ3v) is 5.99. The molecule has 0 saturated carbocycles. The van der Waals surface area contributed by atoms with Gasteiger partial charge in [-0.15, -0.1) is 11.3 Å². The Morgan fingerprint density at radius 1 is 1.35 bits per heavy atom. The fourth-order valence-electron chi connectivity index (χ4n) is 2.37. The minimum atomic E-state index is 0.140. The molecule has 2 heterocycles. The predicted molar refractivity (Wildman–Crippen MR) is 90.1 cm³/mol. The van der Waals surface area contributed by atoms with Crippen LogP contribution in [-0.4, -0.2) is 6.54 Å². The molecule has 1 unspecified atom stereocenters. The molecule has 2 aromatic heterocycles. The summed E-state index contributed by atoms with van der Waals surface area (Å²) in [6.45, 7) is 9.29. The number of halogens is 2. The van der Waals surface area contributed by atoms with Gasteiger partial charge in [0.1, 0.15) is 15.9 Å². The molecule has 0 aliphatic carbocycles. The molecular weight excluding hydrogens is 358 g/mol. The van der Waals surface area contributed by atoms with Crippen molar-refractivity contribution in [2.24, 2.45) is 0 Å². The van der Waals surface area contributed by atoms with E-state index in [0.29, 0.717) is 0 Å². The zero-order valence-corrected chi connectivity index (χ0v) is 15.3. The molecule has 5 heteroatoms. The summed E-state index contributed by atoms with van der Waals surface area (Å²) < 4.78 is 7.53. The smallest absolute Gasteiger partial charge is 0.107 e. The first-order valence-electron chi connectivity index (χ1n) is 6.70. The van der Waals surface area contributed by atoms with Crippen LogP contribution in [0.4, 0.5) is 0 Å². The minimum absolute atomic E-state index is 0.140. The van der Waals surface area contributed by atoms with Crippen LogP contribution in [-0.2, 0) is 0 Å². The first kappa shape index (κ1) is 16.1. The molecule has 2 rings (SSSR count). The zero-order chi connectivity index (χ0) is 14.9. The zero-order valence-electron chi connectivity index (χ0n) is 12.1. The van der Waals surface area contributed by atoms with Gasteiger partial charge in [-0.3, -0.25) is 0 Å². The second-order valence-corrected chi connectivity index (χ2v) is 7.45. The van der Waals surface area contributed by atoms with E-state index < -0.39 is 0 Å². The molecule has 0 aromatic carbocycles. The van der Waals surface area contributed by atoms with Crippen molar-refractivity contribution in [3.8, 4) is 0 Å². The van der Waals surface area contributed by atoms with Crippen molar-refractivity contribution in [1.82, 2.24) is 5.32 Å². The molecule has 0 aliphatic rings. The Morgan fingerprint density at radius 2 is 2.05 bits per heavy atom. The molecule has 0 spiro atoms. The van der Waals surface area contributed by atoms with Crippen molar-refractivity contribution in [3.05, 3.63) is 42.4 Å². The Morgan fingerprint density at radius 3 is 2.50 bits per heavy atom. The summed E-state index contributed by atoms with van der Waals surface area (Å²) in [6, 6.07) is 2.24. The topological polar surface area (TPSA) is 25.2 Å².